The van der Waals surface area contributed by atoms with Gasteiger partial charge in [0.25, 0.3) is 5.79 Å². The van der Waals surface area contributed by atoms with Gasteiger partial charge in [0, 0.05) is 47.6 Å². The minimum atomic E-state index is -0.858. The molecule has 3 heteroatoms. The summed E-state index contributed by atoms with van der Waals surface area (Å²) in [4.78, 5) is 2.31. The summed E-state index contributed by atoms with van der Waals surface area (Å²) < 4.78 is 12.7. The summed E-state index contributed by atoms with van der Waals surface area (Å²) >= 11 is 0. The van der Waals surface area contributed by atoms with Gasteiger partial charge in [-0.3, -0.25) is 0 Å². The van der Waals surface area contributed by atoms with Crippen LogP contribution in [0.25, 0.3) is 12.2 Å². The van der Waals surface area contributed by atoms with Crippen LogP contribution in [0.1, 0.15) is 31.9 Å². The molecule has 2 aliphatic rings. The number of ether oxygens (including phenoxy) is 2. The van der Waals surface area contributed by atoms with Gasteiger partial charge in [-0.2, -0.15) is 0 Å². The monoisotopic (exact) mass is 333 g/mol. The summed E-state index contributed by atoms with van der Waals surface area (Å²) in [5.41, 5.74) is 4.38. The topological polar surface area (TPSA) is 21.7 Å². The number of rotatable bonds is 3. The lowest BCUT2D eigenvalue weighted by molar-refractivity contribution is -0.0410. The lowest BCUT2D eigenvalue weighted by atomic mass is 9.96. The van der Waals surface area contributed by atoms with Crippen molar-refractivity contribution in [2.24, 2.45) is 0 Å². The number of nitrogens with zero attached hydrogens (tertiary/aromatic N) is 1. The summed E-state index contributed by atoms with van der Waals surface area (Å²) in [7, 11) is 0. The number of para-hydroxylation sites is 1. The highest BCUT2D eigenvalue weighted by Crippen LogP contribution is 2.42. The van der Waals surface area contributed by atoms with Crippen molar-refractivity contribution < 1.29 is 9.47 Å². The Morgan fingerprint density at radius 3 is 2.48 bits per heavy atom. The molecule has 0 bridgehead atoms. The highest BCUT2D eigenvalue weighted by molar-refractivity contribution is 5.70. The first-order valence-electron chi connectivity index (χ1n) is 8.89. The molecule has 2 aliphatic heterocycles. The molecule has 128 valence electrons. The van der Waals surface area contributed by atoms with E-state index in [0.717, 1.165) is 41.3 Å². The van der Waals surface area contributed by atoms with Gasteiger partial charge in [0.05, 0.1) is 0 Å². The van der Waals surface area contributed by atoms with Gasteiger partial charge in [-0.05, 0) is 51.1 Å². The molecule has 0 aromatic heterocycles. The molecule has 2 heterocycles. The molecule has 0 fully saturated rings. The Labute approximate surface area is 149 Å². The minimum absolute atomic E-state index is 0.848. The van der Waals surface area contributed by atoms with E-state index >= 15 is 0 Å². The molecule has 2 aromatic carbocycles. The maximum atomic E-state index is 6.41. The predicted molar refractivity (Wildman–Crippen MR) is 103 cm³/mol. The fourth-order valence-corrected chi connectivity index (χ4v) is 3.47. The summed E-state index contributed by atoms with van der Waals surface area (Å²) in [6, 6.07) is 14.4. The van der Waals surface area contributed by atoms with Crippen molar-refractivity contribution in [2.75, 3.05) is 18.0 Å². The molecule has 1 spiro atoms. The molecule has 1 unspecified atom stereocenters. The molecule has 0 radical (unpaired) electrons. The largest absolute Gasteiger partial charge is 0.444 e. The van der Waals surface area contributed by atoms with Crippen LogP contribution in [-0.2, 0) is 0 Å². The standard InChI is InChI=1S/C22H23NO2/c1-4-23(5-2)19-11-10-17-12-13-22(25-21(17)15-19)16(3)14-18-8-6-7-9-20(18)24-22/h6-15H,4-5H2,1-3H3. The van der Waals surface area contributed by atoms with Crippen LogP contribution in [0, 0.1) is 0 Å². The third-order valence-electron chi connectivity index (χ3n) is 4.97. The molecule has 0 N–H and O–H groups in total. The van der Waals surface area contributed by atoms with Gasteiger partial charge < -0.3 is 14.4 Å². The maximum absolute atomic E-state index is 6.41. The van der Waals surface area contributed by atoms with E-state index in [9.17, 15) is 0 Å². The number of benzene rings is 2. The Morgan fingerprint density at radius 1 is 0.920 bits per heavy atom. The average molecular weight is 333 g/mol. The Morgan fingerprint density at radius 2 is 1.68 bits per heavy atom. The van der Waals surface area contributed by atoms with Crippen molar-refractivity contribution in [3.8, 4) is 11.5 Å². The molecule has 0 saturated carbocycles. The molecule has 0 amide bonds. The number of hydrogen-bond donors (Lipinski definition) is 0. The van der Waals surface area contributed by atoms with Crippen LogP contribution in [0.2, 0.25) is 0 Å². The molecule has 0 saturated heterocycles. The van der Waals surface area contributed by atoms with Crippen molar-refractivity contribution in [1.29, 1.82) is 0 Å². The third kappa shape index (κ3) is 2.60. The van der Waals surface area contributed by atoms with Gasteiger partial charge in [0.15, 0.2) is 0 Å². The first-order valence-corrected chi connectivity index (χ1v) is 8.89. The Bertz CT molecular complexity index is 864. The third-order valence-corrected chi connectivity index (χ3v) is 4.97. The van der Waals surface area contributed by atoms with Gasteiger partial charge in [-0.15, -0.1) is 0 Å². The Balaban J connectivity index is 1.73. The zero-order valence-corrected chi connectivity index (χ0v) is 15.0. The fourth-order valence-electron chi connectivity index (χ4n) is 3.47. The van der Waals surface area contributed by atoms with Crippen LogP contribution in [0.3, 0.4) is 0 Å². The van der Waals surface area contributed by atoms with Gasteiger partial charge in [0.1, 0.15) is 11.5 Å². The Hall–Kier alpha value is -2.68. The lowest BCUT2D eigenvalue weighted by Crippen LogP contribution is -2.44. The first-order chi connectivity index (χ1) is 12.1. The van der Waals surface area contributed by atoms with E-state index in [1.165, 1.54) is 5.69 Å². The molecular formula is C22H23NO2. The van der Waals surface area contributed by atoms with E-state index in [0.29, 0.717) is 0 Å². The summed E-state index contributed by atoms with van der Waals surface area (Å²) in [5, 5.41) is 0. The summed E-state index contributed by atoms with van der Waals surface area (Å²) in [6.07, 6.45) is 6.24. The van der Waals surface area contributed by atoms with E-state index in [2.05, 4.69) is 62.1 Å². The second-order valence-electron chi connectivity index (χ2n) is 6.46. The minimum Gasteiger partial charge on any atom is -0.444 e. The van der Waals surface area contributed by atoms with E-state index in [4.69, 9.17) is 9.47 Å². The molecule has 1 atom stereocenters. The second kappa shape index (κ2) is 5.99. The normalized spacial score (nSPS) is 20.2. The van der Waals surface area contributed by atoms with E-state index in [1.54, 1.807) is 0 Å². The van der Waals surface area contributed by atoms with E-state index in [-0.39, 0.29) is 0 Å². The van der Waals surface area contributed by atoms with Crippen molar-refractivity contribution in [3.63, 3.8) is 0 Å². The number of fused-ring (bicyclic) bond motifs is 2. The highest BCUT2D eigenvalue weighted by atomic mass is 16.7. The zero-order chi connectivity index (χ0) is 17.4. The molecular weight excluding hydrogens is 310 g/mol. The molecule has 2 aromatic rings. The van der Waals surface area contributed by atoms with Crippen LogP contribution in [-0.4, -0.2) is 18.9 Å². The molecule has 3 nitrogen and oxygen atoms in total. The van der Waals surface area contributed by atoms with Crippen molar-refractivity contribution >= 4 is 17.8 Å². The molecule has 25 heavy (non-hydrogen) atoms. The summed E-state index contributed by atoms with van der Waals surface area (Å²) in [5.74, 6) is 0.851. The maximum Gasteiger partial charge on any atom is 0.294 e. The quantitative estimate of drug-likeness (QED) is 0.777. The molecule has 0 aliphatic carbocycles. The van der Waals surface area contributed by atoms with Crippen molar-refractivity contribution in [2.45, 2.75) is 26.6 Å². The van der Waals surface area contributed by atoms with Crippen LogP contribution >= 0.6 is 0 Å². The van der Waals surface area contributed by atoms with Crippen LogP contribution in [0.15, 0.2) is 54.1 Å². The van der Waals surface area contributed by atoms with E-state index in [1.807, 2.05) is 24.3 Å². The highest BCUT2D eigenvalue weighted by Gasteiger charge is 2.40. The lowest BCUT2D eigenvalue weighted by Gasteiger charge is -2.38. The second-order valence-corrected chi connectivity index (χ2v) is 6.46. The van der Waals surface area contributed by atoms with Gasteiger partial charge in [0.2, 0.25) is 0 Å². The van der Waals surface area contributed by atoms with Gasteiger partial charge in [-0.25, -0.2) is 0 Å². The summed E-state index contributed by atoms with van der Waals surface area (Å²) in [6.45, 7) is 8.33. The van der Waals surface area contributed by atoms with Crippen LogP contribution < -0.4 is 14.4 Å². The number of anilines is 1. The molecule has 4 rings (SSSR count). The fraction of sp³-hybridized carbons (Fsp3) is 0.273. The average Bonchev–Trinajstić information content (AvgIpc) is 2.63. The van der Waals surface area contributed by atoms with Crippen LogP contribution in [0.4, 0.5) is 5.69 Å². The van der Waals surface area contributed by atoms with Gasteiger partial charge in [-0.1, -0.05) is 18.2 Å². The SMILES string of the molecule is CCN(CC)c1ccc2c(c1)OC1(C=C2)Oc2ccccc2C=C1C. The number of hydrogen-bond acceptors (Lipinski definition) is 3. The van der Waals surface area contributed by atoms with Crippen LogP contribution in [0.5, 0.6) is 11.5 Å². The zero-order valence-electron chi connectivity index (χ0n) is 15.0. The van der Waals surface area contributed by atoms with Crippen molar-refractivity contribution in [1.82, 2.24) is 0 Å². The first kappa shape index (κ1) is 15.8. The van der Waals surface area contributed by atoms with E-state index < -0.39 is 5.79 Å². The smallest absolute Gasteiger partial charge is 0.294 e. The van der Waals surface area contributed by atoms with Gasteiger partial charge >= 0.3 is 0 Å². The Kier molecular flexibility index (Phi) is 3.79. The predicted octanol–water partition coefficient (Wildman–Crippen LogP) is 5.13. The van der Waals surface area contributed by atoms with Crippen molar-refractivity contribution in [3.05, 3.63) is 65.2 Å².